The topological polar surface area (TPSA) is 3.24 Å². The maximum absolute atomic E-state index is 13.2. The van der Waals surface area contributed by atoms with Gasteiger partial charge >= 0.3 is 0 Å². The summed E-state index contributed by atoms with van der Waals surface area (Å²) in [6, 6.07) is 0.401. The molecule has 0 aliphatic carbocycles. The molecule has 2 fully saturated rings. The molecule has 2 atom stereocenters. The normalized spacial score (nSPS) is 43.8. The van der Waals surface area contributed by atoms with Gasteiger partial charge in [-0.1, -0.05) is 6.92 Å². The van der Waals surface area contributed by atoms with Crippen molar-refractivity contribution in [3.05, 3.63) is 0 Å². The second-order valence-electron chi connectivity index (χ2n) is 4.76. The van der Waals surface area contributed by atoms with Gasteiger partial charge in [-0.3, -0.25) is 4.90 Å². The van der Waals surface area contributed by atoms with E-state index in [0.29, 0.717) is 6.04 Å². The lowest BCUT2D eigenvalue weighted by molar-refractivity contribution is 0.00626. The first-order chi connectivity index (χ1) is 5.97. The highest BCUT2D eigenvalue weighted by Gasteiger charge is 2.56. The van der Waals surface area contributed by atoms with Crippen molar-refractivity contribution in [1.82, 2.24) is 4.90 Å². The third-order valence-electron chi connectivity index (χ3n) is 3.66. The van der Waals surface area contributed by atoms with E-state index in [0.717, 1.165) is 19.3 Å². The van der Waals surface area contributed by atoms with Gasteiger partial charge < -0.3 is 0 Å². The summed E-state index contributed by atoms with van der Waals surface area (Å²) in [6.07, 6.45) is 3.12. The van der Waals surface area contributed by atoms with Crippen molar-refractivity contribution in [1.29, 1.82) is 0 Å². The summed E-state index contributed by atoms with van der Waals surface area (Å²) >= 11 is 0. The molecular weight excluding hydrogens is 172 g/mol. The molecule has 0 amide bonds. The fraction of sp³-hybridized carbons (Fsp3) is 1.00. The van der Waals surface area contributed by atoms with Crippen LogP contribution in [0.5, 0.6) is 0 Å². The Kier molecular flexibility index (Phi) is 1.92. The van der Waals surface area contributed by atoms with Crippen LogP contribution < -0.4 is 0 Å². The molecule has 2 unspecified atom stereocenters. The van der Waals surface area contributed by atoms with Crippen LogP contribution in [0.2, 0.25) is 0 Å². The minimum absolute atomic E-state index is 0.0119. The molecule has 1 nitrogen and oxygen atoms in total. The summed E-state index contributed by atoms with van der Waals surface area (Å²) in [6.45, 7) is 4.07. The van der Waals surface area contributed by atoms with Crippen LogP contribution in [0, 0.1) is 0 Å². The van der Waals surface area contributed by atoms with Crippen LogP contribution in [0.3, 0.4) is 0 Å². The van der Waals surface area contributed by atoms with Crippen LogP contribution in [-0.2, 0) is 0 Å². The highest BCUT2D eigenvalue weighted by atomic mass is 19.3. The SMILES string of the molecule is CCC1CCC2(C)CC(F)(F)CN12. The largest absolute Gasteiger partial charge is 0.289 e. The molecule has 0 bridgehead atoms. The number of rotatable bonds is 1. The highest BCUT2D eigenvalue weighted by molar-refractivity contribution is 5.06. The predicted molar refractivity (Wildman–Crippen MR) is 48.0 cm³/mol. The van der Waals surface area contributed by atoms with Gasteiger partial charge in [-0.15, -0.1) is 0 Å². The maximum Gasteiger partial charge on any atom is 0.262 e. The Morgan fingerprint density at radius 3 is 2.77 bits per heavy atom. The number of halogens is 2. The Labute approximate surface area is 78.1 Å². The molecule has 0 aromatic rings. The number of alkyl halides is 2. The molecule has 3 heteroatoms. The number of hydrogen-bond acceptors (Lipinski definition) is 1. The average Bonchev–Trinajstić information content (AvgIpc) is 2.38. The molecule has 0 spiro atoms. The summed E-state index contributed by atoms with van der Waals surface area (Å²) in [5.41, 5.74) is -0.204. The third-order valence-corrected chi connectivity index (χ3v) is 3.66. The van der Waals surface area contributed by atoms with Crippen LogP contribution in [0.4, 0.5) is 8.78 Å². The Hall–Kier alpha value is -0.180. The summed E-state index contributed by atoms with van der Waals surface area (Å²) < 4.78 is 26.4. The average molecular weight is 189 g/mol. The van der Waals surface area contributed by atoms with Crippen LogP contribution in [0.1, 0.15) is 39.5 Å². The van der Waals surface area contributed by atoms with E-state index in [9.17, 15) is 8.78 Å². The molecule has 0 aromatic heterocycles. The first-order valence-electron chi connectivity index (χ1n) is 5.11. The van der Waals surface area contributed by atoms with E-state index in [2.05, 4.69) is 6.92 Å². The minimum atomic E-state index is -2.44. The van der Waals surface area contributed by atoms with Crippen molar-refractivity contribution in [2.24, 2.45) is 0 Å². The van der Waals surface area contributed by atoms with Gasteiger partial charge in [-0.2, -0.15) is 0 Å². The molecule has 0 aromatic carbocycles. The lowest BCUT2D eigenvalue weighted by Crippen LogP contribution is -2.39. The second-order valence-corrected chi connectivity index (χ2v) is 4.76. The van der Waals surface area contributed by atoms with E-state index in [1.54, 1.807) is 0 Å². The first-order valence-corrected chi connectivity index (χ1v) is 5.11. The highest BCUT2D eigenvalue weighted by Crippen LogP contribution is 2.48. The zero-order chi connectivity index (χ0) is 9.69. The van der Waals surface area contributed by atoms with E-state index >= 15 is 0 Å². The van der Waals surface area contributed by atoms with Gasteiger partial charge in [-0.25, -0.2) is 8.78 Å². The smallest absolute Gasteiger partial charge is 0.262 e. The van der Waals surface area contributed by atoms with Crippen molar-refractivity contribution < 1.29 is 8.78 Å². The third kappa shape index (κ3) is 1.37. The molecule has 0 saturated carbocycles. The van der Waals surface area contributed by atoms with Crippen LogP contribution >= 0.6 is 0 Å². The molecule has 2 rings (SSSR count). The van der Waals surface area contributed by atoms with Crippen molar-refractivity contribution in [3.63, 3.8) is 0 Å². The maximum atomic E-state index is 13.2. The lowest BCUT2D eigenvalue weighted by Gasteiger charge is -2.29. The first kappa shape index (κ1) is 9.38. The van der Waals surface area contributed by atoms with Crippen LogP contribution in [0.15, 0.2) is 0 Å². The van der Waals surface area contributed by atoms with Crippen molar-refractivity contribution in [3.8, 4) is 0 Å². The van der Waals surface area contributed by atoms with Gasteiger partial charge in [-0.05, 0) is 26.2 Å². The summed E-state index contributed by atoms with van der Waals surface area (Å²) in [7, 11) is 0. The molecule has 2 aliphatic rings. The number of fused-ring (bicyclic) bond motifs is 1. The lowest BCUT2D eigenvalue weighted by atomic mass is 9.95. The second kappa shape index (κ2) is 2.66. The Bertz CT molecular complexity index is 217. The Balaban J connectivity index is 2.18. The van der Waals surface area contributed by atoms with Gasteiger partial charge in [0.2, 0.25) is 0 Å². The van der Waals surface area contributed by atoms with E-state index in [4.69, 9.17) is 0 Å². The fourth-order valence-electron chi connectivity index (χ4n) is 3.01. The Morgan fingerprint density at radius 1 is 1.46 bits per heavy atom. The van der Waals surface area contributed by atoms with Crippen LogP contribution in [0.25, 0.3) is 0 Å². The zero-order valence-electron chi connectivity index (χ0n) is 8.32. The molecule has 2 saturated heterocycles. The Morgan fingerprint density at radius 2 is 2.15 bits per heavy atom. The summed E-state index contributed by atoms with van der Waals surface area (Å²) in [5, 5.41) is 0. The van der Waals surface area contributed by atoms with Gasteiger partial charge in [0, 0.05) is 18.0 Å². The molecule has 0 radical (unpaired) electrons. The zero-order valence-corrected chi connectivity index (χ0v) is 8.32. The van der Waals surface area contributed by atoms with Gasteiger partial charge in [0.05, 0.1) is 6.54 Å². The number of hydrogen-bond donors (Lipinski definition) is 0. The minimum Gasteiger partial charge on any atom is -0.289 e. The van der Waals surface area contributed by atoms with Crippen molar-refractivity contribution in [2.45, 2.75) is 57.0 Å². The van der Waals surface area contributed by atoms with Gasteiger partial charge in [0.1, 0.15) is 0 Å². The number of nitrogens with zero attached hydrogens (tertiary/aromatic N) is 1. The monoisotopic (exact) mass is 189 g/mol. The van der Waals surface area contributed by atoms with Crippen LogP contribution in [-0.4, -0.2) is 28.9 Å². The molecule has 2 aliphatic heterocycles. The molecule has 2 heterocycles. The summed E-state index contributed by atoms with van der Waals surface area (Å²) in [4.78, 5) is 2.03. The summed E-state index contributed by atoms with van der Waals surface area (Å²) in [5.74, 6) is -2.44. The standard InChI is InChI=1S/C10H17F2N/c1-3-8-4-5-9(2)6-10(11,12)7-13(8)9/h8H,3-7H2,1-2H3. The van der Waals surface area contributed by atoms with E-state index in [-0.39, 0.29) is 18.5 Å². The predicted octanol–water partition coefficient (Wildman–Crippen LogP) is 2.66. The quantitative estimate of drug-likeness (QED) is 0.613. The van der Waals surface area contributed by atoms with Crippen molar-refractivity contribution >= 4 is 0 Å². The molecule has 0 N–H and O–H groups in total. The molecule has 13 heavy (non-hydrogen) atoms. The van der Waals surface area contributed by atoms with E-state index in [1.165, 1.54) is 0 Å². The molecular formula is C10H17F2N. The fourth-order valence-corrected chi connectivity index (χ4v) is 3.01. The van der Waals surface area contributed by atoms with E-state index < -0.39 is 5.92 Å². The molecule has 76 valence electrons. The van der Waals surface area contributed by atoms with Gasteiger partial charge in [0.25, 0.3) is 5.92 Å². The van der Waals surface area contributed by atoms with Gasteiger partial charge in [0.15, 0.2) is 0 Å². The van der Waals surface area contributed by atoms with Crippen molar-refractivity contribution in [2.75, 3.05) is 6.54 Å². The van der Waals surface area contributed by atoms with E-state index in [1.807, 2.05) is 11.8 Å².